The fourth-order valence-electron chi connectivity index (χ4n) is 1.49. The van der Waals surface area contributed by atoms with Gasteiger partial charge in [0.25, 0.3) is 0 Å². The summed E-state index contributed by atoms with van der Waals surface area (Å²) in [6.45, 7) is 1.54. The number of benzene rings is 1. The maximum atomic E-state index is 11.3. The minimum Gasteiger partial charge on any atom is -0.295 e. The molecule has 0 aliphatic rings. The molecule has 0 saturated heterocycles. The van der Waals surface area contributed by atoms with E-state index in [1.165, 1.54) is 6.92 Å². The highest BCUT2D eigenvalue weighted by atomic mass is 35.5. The second kappa shape index (κ2) is 4.45. The molecule has 3 heteroatoms. The van der Waals surface area contributed by atoms with Crippen LogP contribution in [0, 0.1) is 0 Å². The van der Waals surface area contributed by atoms with Crippen LogP contribution in [0.4, 0.5) is 0 Å². The van der Waals surface area contributed by atoms with Crippen molar-refractivity contribution in [2.24, 2.45) is 0 Å². The molecular weight excluding hydrogens is 222 g/mol. The minimum absolute atomic E-state index is 0.0295. The van der Waals surface area contributed by atoms with Crippen molar-refractivity contribution < 1.29 is 4.79 Å². The molecule has 1 heterocycles. The van der Waals surface area contributed by atoms with Crippen LogP contribution in [0.25, 0.3) is 11.1 Å². The van der Waals surface area contributed by atoms with E-state index in [2.05, 4.69) is 4.98 Å². The number of hydrogen-bond acceptors (Lipinski definition) is 2. The van der Waals surface area contributed by atoms with Gasteiger partial charge < -0.3 is 0 Å². The second-order valence-corrected chi connectivity index (χ2v) is 3.90. The molecule has 0 atom stereocenters. The smallest absolute Gasteiger partial charge is 0.159 e. The summed E-state index contributed by atoms with van der Waals surface area (Å²) < 4.78 is 0. The van der Waals surface area contributed by atoms with Gasteiger partial charge in [0.05, 0.1) is 0 Å². The number of ketones is 1. The molecule has 80 valence electrons. The molecular formula is C13H10ClNO. The van der Waals surface area contributed by atoms with Gasteiger partial charge in [0.2, 0.25) is 0 Å². The average molecular weight is 232 g/mol. The van der Waals surface area contributed by atoms with E-state index in [4.69, 9.17) is 11.6 Å². The van der Waals surface area contributed by atoms with Gasteiger partial charge >= 0.3 is 0 Å². The van der Waals surface area contributed by atoms with Crippen molar-refractivity contribution in [3.05, 3.63) is 53.3 Å². The Morgan fingerprint density at radius 3 is 2.75 bits per heavy atom. The number of carbonyl (C=O) groups excluding carboxylic acids is 1. The Bertz CT molecular complexity index is 523. The molecule has 2 nitrogen and oxygen atoms in total. The third-order valence-corrected chi connectivity index (χ3v) is 2.68. The highest BCUT2D eigenvalue weighted by Gasteiger charge is 2.07. The van der Waals surface area contributed by atoms with E-state index >= 15 is 0 Å². The lowest BCUT2D eigenvalue weighted by Gasteiger charge is -2.05. The Morgan fingerprint density at radius 1 is 1.31 bits per heavy atom. The predicted octanol–water partition coefficient (Wildman–Crippen LogP) is 3.60. The van der Waals surface area contributed by atoms with Gasteiger partial charge in [-0.3, -0.25) is 9.78 Å². The van der Waals surface area contributed by atoms with Crippen molar-refractivity contribution in [1.29, 1.82) is 0 Å². The molecule has 0 N–H and O–H groups in total. The standard InChI is InChI=1S/C13H10ClNO/c1-9(16)10-4-5-13(14)12(7-10)11-3-2-6-15-8-11/h2-8H,1H3. The van der Waals surface area contributed by atoms with E-state index < -0.39 is 0 Å². The summed E-state index contributed by atoms with van der Waals surface area (Å²) >= 11 is 6.10. The van der Waals surface area contributed by atoms with Crippen molar-refractivity contribution in [3.63, 3.8) is 0 Å². The van der Waals surface area contributed by atoms with Gasteiger partial charge in [-0.25, -0.2) is 0 Å². The Kier molecular flexibility index (Phi) is 3.02. The highest BCUT2D eigenvalue weighted by molar-refractivity contribution is 6.33. The van der Waals surface area contributed by atoms with Crippen LogP contribution in [0.2, 0.25) is 5.02 Å². The molecule has 1 aromatic heterocycles. The zero-order chi connectivity index (χ0) is 11.5. The quantitative estimate of drug-likeness (QED) is 0.739. The summed E-state index contributed by atoms with van der Waals surface area (Å²) in [5.41, 5.74) is 2.40. The van der Waals surface area contributed by atoms with Crippen molar-refractivity contribution in [3.8, 4) is 11.1 Å². The molecule has 0 fully saturated rings. The van der Waals surface area contributed by atoms with Crippen LogP contribution in [0.1, 0.15) is 17.3 Å². The Balaban J connectivity index is 2.56. The van der Waals surface area contributed by atoms with Crippen molar-refractivity contribution in [2.45, 2.75) is 6.92 Å². The fraction of sp³-hybridized carbons (Fsp3) is 0.0769. The Morgan fingerprint density at radius 2 is 2.12 bits per heavy atom. The molecule has 0 saturated carbocycles. The highest BCUT2D eigenvalue weighted by Crippen LogP contribution is 2.28. The van der Waals surface area contributed by atoms with Crippen LogP contribution >= 0.6 is 11.6 Å². The van der Waals surface area contributed by atoms with Crippen LogP contribution < -0.4 is 0 Å². The largest absolute Gasteiger partial charge is 0.295 e. The molecule has 0 aliphatic heterocycles. The number of carbonyl (C=O) groups is 1. The van der Waals surface area contributed by atoms with Crippen LogP contribution in [-0.2, 0) is 0 Å². The second-order valence-electron chi connectivity index (χ2n) is 3.49. The summed E-state index contributed by atoms with van der Waals surface area (Å²) in [5, 5.41) is 0.623. The molecule has 2 rings (SSSR count). The number of nitrogens with zero attached hydrogens (tertiary/aromatic N) is 1. The fourth-order valence-corrected chi connectivity index (χ4v) is 1.71. The number of hydrogen-bond donors (Lipinski definition) is 0. The van der Waals surface area contributed by atoms with Crippen molar-refractivity contribution in [1.82, 2.24) is 4.98 Å². The molecule has 0 unspecified atom stereocenters. The van der Waals surface area contributed by atoms with Gasteiger partial charge in [-0.05, 0) is 31.2 Å². The van der Waals surface area contributed by atoms with Crippen LogP contribution in [0.15, 0.2) is 42.7 Å². The molecule has 0 bridgehead atoms. The van der Waals surface area contributed by atoms with E-state index in [0.29, 0.717) is 10.6 Å². The van der Waals surface area contributed by atoms with Crippen molar-refractivity contribution in [2.75, 3.05) is 0 Å². The lowest BCUT2D eigenvalue weighted by Crippen LogP contribution is -1.92. The number of aromatic nitrogens is 1. The minimum atomic E-state index is 0.0295. The van der Waals surface area contributed by atoms with E-state index in [9.17, 15) is 4.79 Å². The SMILES string of the molecule is CC(=O)c1ccc(Cl)c(-c2cccnc2)c1. The predicted molar refractivity (Wildman–Crippen MR) is 64.7 cm³/mol. The molecule has 0 radical (unpaired) electrons. The molecule has 0 amide bonds. The van der Waals surface area contributed by atoms with Gasteiger partial charge in [-0.2, -0.15) is 0 Å². The maximum Gasteiger partial charge on any atom is 0.159 e. The average Bonchev–Trinajstić information content (AvgIpc) is 2.30. The third-order valence-electron chi connectivity index (χ3n) is 2.35. The third kappa shape index (κ3) is 2.12. The van der Waals surface area contributed by atoms with Crippen LogP contribution in [0.3, 0.4) is 0 Å². The molecule has 2 aromatic rings. The number of rotatable bonds is 2. The first-order valence-electron chi connectivity index (χ1n) is 4.89. The Hall–Kier alpha value is -1.67. The molecule has 0 aliphatic carbocycles. The van der Waals surface area contributed by atoms with Crippen LogP contribution in [0.5, 0.6) is 0 Å². The summed E-state index contributed by atoms with van der Waals surface area (Å²) in [5.74, 6) is 0.0295. The van der Waals surface area contributed by atoms with Gasteiger partial charge in [-0.15, -0.1) is 0 Å². The van der Waals surface area contributed by atoms with E-state index in [0.717, 1.165) is 11.1 Å². The molecule has 1 aromatic carbocycles. The topological polar surface area (TPSA) is 30.0 Å². The van der Waals surface area contributed by atoms with Gasteiger partial charge in [0.15, 0.2) is 5.78 Å². The van der Waals surface area contributed by atoms with Gasteiger partial charge in [0, 0.05) is 34.1 Å². The lowest BCUT2D eigenvalue weighted by atomic mass is 10.0. The van der Waals surface area contributed by atoms with Crippen molar-refractivity contribution >= 4 is 17.4 Å². The summed E-state index contributed by atoms with van der Waals surface area (Å²) in [6.07, 6.45) is 3.43. The van der Waals surface area contributed by atoms with E-state index in [1.54, 1.807) is 30.6 Å². The first-order chi connectivity index (χ1) is 7.68. The lowest BCUT2D eigenvalue weighted by molar-refractivity contribution is 0.101. The zero-order valence-electron chi connectivity index (χ0n) is 8.77. The molecule has 16 heavy (non-hydrogen) atoms. The van der Waals surface area contributed by atoms with Gasteiger partial charge in [0.1, 0.15) is 0 Å². The van der Waals surface area contributed by atoms with Gasteiger partial charge in [-0.1, -0.05) is 17.7 Å². The summed E-state index contributed by atoms with van der Waals surface area (Å²) in [4.78, 5) is 15.3. The first kappa shape index (κ1) is 10.8. The maximum absolute atomic E-state index is 11.3. The summed E-state index contributed by atoms with van der Waals surface area (Å²) in [6, 6.07) is 9.01. The first-order valence-corrected chi connectivity index (χ1v) is 5.27. The van der Waals surface area contributed by atoms with E-state index in [1.807, 2.05) is 12.1 Å². The Labute approximate surface area is 98.9 Å². The number of pyridine rings is 1. The van der Waals surface area contributed by atoms with Crippen LogP contribution in [-0.4, -0.2) is 10.8 Å². The summed E-state index contributed by atoms with van der Waals surface area (Å²) in [7, 11) is 0. The normalized spacial score (nSPS) is 10.1. The van der Waals surface area contributed by atoms with E-state index in [-0.39, 0.29) is 5.78 Å². The monoisotopic (exact) mass is 231 g/mol. The molecule has 0 spiro atoms. The zero-order valence-corrected chi connectivity index (χ0v) is 9.53. The number of Topliss-reactive ketones (excluding diaryl/α,β-unsaturated/α-hetero) is 1. The number of halogens is 1.